The van der Waals surface area contributed by atoms with E-state index in [2.05, 4.69) is 106 Å². The van der Waals surface area contributed by atoms with Gasteiger partial charge in [0.15, 0.2) is 0 Å². The number of rotatable bonds is 8. The Hall–Kier alpha value is -1.54. The number of aryl methyl sites for hydroxylation is 9. The van der Waals surface area contributed by atoms with Crippen LogP contribution in [0.1, 0.15) is 82.7 Å². The normalized spacial score (nSPS) is 11.8. The van der Waals surface area contributed by atoms with Crippen molar-refractivity contribution in [2.24, 2.45) is 0 Å². The van der Waals surface area contributed by atoms with Gasteiger partial charge in [0.05, 0.1) is 0 Å². The Morgan fingerprint density at radius 1 is 0.441 bits per heavy atom. The van der Waals surface area contributed by atoms with Crippen LogP contribution in [0.4, 0.5) is 0 Å². The van der Waals surface area contributed by atoms with Gasteiger partial charge in [0.1, 0.15) is 0 Å². The molecule has 0 radical (unpaired) electrons. The predicted molar refractivity (Wildman–Crippen MR) is 156 cm³/mol. The van der Waals surface area contributed by atoms with Gasteiger partial charge in [0.2, 0.25) is 0 Å². The average Bonchev–Trinajstić information content (AvgIpc) is 2.68. The molecule has 0 aliphatic rings. The molecule has 34 heavy (non-hydrogen) atoms. The second-order valence-electron chi connectivity index (χ2n) is 11.0. The average molecular weight is 561 g/mol. The molecule has 0 aliphatic heterocycles. The predicted octanol–water partition coefficient (Wildman–Crippen LogP) is 7.51. The van der Waals surface area contributed by atoms with Crippen LogP contribution in [-0.2, 0) is 0 Å². The Morgan fingerprint density at radius 2 is 0.735 bits per heavy atom. The van der Waals surface area contributed by atoms with Crippen LogP contribution < -0.4 is 10.7 Å². The van der Waals surface area contributed by atoms with Gasteiger partial charge in [-0.1, -0.05) is 0 Å². The summed E-state index contributed by atoms with van der Waals surface area (Å²) in [4.78, 5) is 0. The van der Waals surface area contributed by atoms with E-state index in [1.54, 1.807) is 10.7 Å². The zero-order valence-corrected chi connectivity index (χ0v) is 26.4. The minimum atomic E-state index is -3.41. The van der Waals surface area contributed by atoms with Crippen LogP contribution in [0.2, 0.25) is 4.44 Å². The van der Waals surface area contributed by atoms with E-state index in [9.17, 15) is 0 Å². The van der Waals surface area contributed by atoms with Crippen LogP contribution in [0.3, 0.4) is 0 Å². The fraction of sp³-hybridized carbons (Fsp3) is 0.455. The molecular weight excluding hydrogens is 515 g/mol. The van der Waals surface area contributed by atoms with Crippen LogP contribution in [0.25, 0.3) is 0 Å². The van der Waals surface area contributed by atoms with Crippen molar-refractivity contribution in [1.82, 2.24) is 0 Å². The number of benzene rings is 3. The van der Waals surface area contributed by atoms with E-state index < -0.39 is 18.4 Å². The third kappa shape index (κ3) is 5.18. The molecule has 3 aromatic carbocycles. The summed E-state index contributed by atoms with van der Waals surface area (Å²) >= 11 is -3.41. The fourth-order valence-corrected chi connectivity index (χ4v) is 26.4. The molecule has 3 aromatic rings. The summed E-state index contributed by atoms with van der Waals surface area (Å²) in [6, 6.07) is 14.7. The standard InChI is InChI=1S/3C9H11.C6H13.Sn/c3*1-7-4-8(2)6-9(3)5-7;1-3-5-6-4-2;/h3*4-5H,1-3H3;1,3-6H2,2H3;. The first-order valence-corrected chi connectivity index (χ1v) is 19.6. The first kappa shape index (κ1) is 27.1. The molecule has 0 aromatic heterocycles. The van der Waals surface area contributed by atoms with Gasteiger partial charge in [-0.25, -0.2) is 0 Å². The van der Waals surface area contributed by atoms with E-state index in [4.69, 9.17) is 0 Å². The second kappa shape index (κ2) is 11.0. The topological polar surface area (TPSA) is 0 Å². The van der Waals surface area contributed by atoms with Crippen molar-refractivity contribution in [2.75, 3.05) is 0 Å². The van der Waals surface area contributed by atoms with Gasteiger partial charge in [-0.05, 0) is 0 Å². The summed E-state index contributed by atoms with van der Waals surface area (Å²) in [5, 5.41) is 0. The van der Waals surface area contributed by atoms with Crippen LogP contribution in [0, 0.1) is 62.3 Å². The van der Waals surface area contributed by atoms with Crippen LogP contribution >= 0.6 is 0 Å². The van der Waals surface area contributed by atoms with Gasteiger partial charge in [0, 0.05) is 0 Å². The molecule has 0 atom stereocenters. The molecule has 0 aliphatic carbocycles. The van der Waals surface area contributed by atoms with E-state index in [1.807, 2.05) is 0 Å². The van der Waals surface area contributed by atoms with E-state index >= 15 is 0 Å². The summed E-state index contributed by atoms with van der Waals surface area (Å²) in [5.74, 6) is 0. The fourth-order valence-electron chi connectivity index (χ4n) is 7.13. The Morgan fingerprint density at radius 3 is 1.00 bits per heavy atom. The first-order valence-electron chi connectivity index (χ1n) is 13.3. The van der Waals surface area contributed by atoms with Crippen LogP contribution in [0.15, 0.2) is 36.4 Å². The molecule has 0 nitrogen and oxygen atoms in total. The van der Waals surface area contributed by atoms with Crippen molar-refractivity contribution >= 4 is 29.1 Å². The van der Waals surface area contributed by atoms with Crippen molar-refractivity contribution in [3.63, 3.8) is 0 Å². The molecule has 182 valence electrons. The zero-order valence-electron chi connectivity index (χ0n) is 23.5. The van der Waals surface area contributed by atoms with Gasteiger partial charge < -0.3 is 0 Å². The van der Waals surface area contributed by atoms with Crippen LogP contribution in [-0.4, -0.2) is 18.4 Å². The van der Waals surface area contributed by atoms with Gasteiger partial charge in [-0.15, -0.1) is 0 Å². The second-order valence-corrected chi connectivity index (χ2v) is 21.9. The Labute approximate surface area is 214 Å². The molecule has 0 amide bonds. The summed E-state index contributed by atoms with van der Waals surface area (Å²) in [7, 11) is 0. The number of unbranched alkanes of at least 4 members (excludes halogenated alkanes) is 3. The van der Waals surface area contributed by atoms with Crippen molar-refractivity contribution in [2.45, 2.75) is 99.4 Å². The van der Waals surface area contributed by atoms with E-state index in [0.29, 0.717) is 0 Å². The molecule has 1 heteroatoms. The van der Waals surface area contributed by atoms with Crippen molar-refractivity contribution in [3.05, 3.63) is 86.5 Å². The van der Waals surface area contributed by atoms with Gasteiger partial charge in [-0.3, -0.25) is 0 Å². The summed E-state index contributed by atoms with van der Waals surface area (Å²) in [6.45, 7) is 23.5. The summed E-state index contributed by atoms with van der Waals surface area (Å²) in [6.07, 6.45) is 5.30. The molecule has 0 bridgehead atoms. The maximum absolute atomic E-state index is 3.41. The Balaban J connectivity index is 2.54. The van der Waals surface area contributed by atoms with Gasteiger partial charge in [-0.2, -0.15) is 0 Å². The minimum absolute atomic E-state index is 1.29. The third-order valence-electron chi connectivity index (χ3n) is 7.72. The molecule has 0 N–H and O–H groups in total. The van der Waals surface area contributed by atoms with Crippen molar-refractivity contribution in [3.8, 4) is 0 Å². The quantitative estimate of drug-likeness (QED) is 0.197. The van der Waals surface area contributed by atoms with E-state index in [-0.39, 0.29) is 0 Å². The van der Waals surface area contributed by atoms with Crippen LogP contribution in [0.5, 0.6) is 0 Å². The molecule has 3 rings (SSSR count). The monoisotopic (exact) mass is 562 g/mol. The van der Waals surface area contributed by atoms with Gasteiger partial charge in [0.25, 0.3) is 0 Å². The zero-order chi connectivity index (χ0) is 25.2. The molecule has 0 saturated heterocycles. The molecule has 0 saturated carbocycles. The van der Waals surface area contributed by atoms with Gasteiger partial charge >= 0.3 is 215 Å². The molecule has 0 fully saturated rings. The summed E-state index contributed by atoms with van der Waals surface area (Å²) in [5.41, 5.74) is 13.3. The first-order chi connectivity index (χ1) is 16.0. The Kier molecular flexibility index (Phi) is 8.77. The number of hydrogen-bond acceptors (Lipinski definition) is 0. The third-order valence-corrected chi connectivity index (χ3v) is 24.9. The SMILES string of the molecule is CCCCC[CH2][Sn]([c]1c(C)cc(C)cc1C)([c]1c(C)cc(C)cc1C)[c]1c(C)cc(C)cc1C. The van der Waals surface area contributed by atoms with Crippen molar-refractivity contribution in [1.29, 1.82) is 0 Å². The molecule has 0 unspecified atom stereocenters. The molecule has 0 spiro atoms. The van der Waals surface area contributed by atoms with E-state index in [0.717, 1.165) is 0 Å². The molecular formula is C33H46Sn. The maximum atomic E-state index is 2.46. The summed E-state index contributed by atoms with van der Waals surface area (Å²) < 4.78 is 6.57. The molecule has 0 heterocycles. The van der Waals surface area contributed by atoms with Crippen molar-refractivity contribution < 1.29 is 0 Å². The number of hydrogen-bond donors (Lipinski definition) is 0. The van der Waals surface area contributed by atoms with E-state index in [1.165, 1.54) is 80.2 Å². The Bertz CT molecular complexity index is 973.